The van der Waals surface area contributed by atoms with Crippen LogP contribution in [0.3, 0.4) is 0 Å². The second-order valence-corrected chi connectivity index (χ2v) is 22.5. The molecule has 1 saturated heterocycles. The number of aromatic amines is 1. The van der Waals surface area contributed by atoms with Gasteiger partial charge in [-0.1, -0.05) is 89.2 Å². The molecule has 3 heterocycles. The Balaban J connectivity index is 1.52. The molecule has 0 bridgehead atoms. The molecule has 0 saturated carbocycles. The lowest BCUT2D eigenvalue weighted by Crippen LogP contribution is -2.50. The van der Waals surface area contributed by atoms with Gasteiger partial charge in [0.2, 0.25) is 11.9 Å². The fraction of sp³-hybridized carbons (Fsp3) is 0.432. The fourth-order valence-electron chi connectivity index (χ4n) is 6.89. The van der Waals surface area contributed by atoms with Crippen LogP contribution in [0.4, 0.5) is 5.95 Å². The van der Waals surface area contributed by atoms with E-state index in [1.807, 2.05) is 84.9 Å². The van der Waals surface area contributed by atoms with Crippen LogP contribution < -0.4 is 20.3 Å². The molecule has 1 amide bonds. The highest BCUT2D eigenvalue weighted by Gasteiger charge is 2.53. The Morgan fingerprint density at radius 1 is 0.968 bits per heavy atom. The van der Waals surface area contributed by atoms with Crippen LogP contribution in [0, 0.1) is 17.2 Å². The van der Waals surface area contributed by atoms with Gasteiger partial charge in [0.25, 0.3) is 5.56 Å². The van der Waals surface area contributed by atoms with Gasteiger partial charge >= 0.3 is 8.25 Å². The van der Waals surface area contributed by atoms with Crippen LogP contribution in [0.5, 0.6) is 11.5 Å². The maximum Gasteiger partial charge on any atom is 0.319 e. The van der Waals surface area contributed by atoms with E-state index in [2.05, 4.69) is 54.1 Å². The molecule has 1 unspecified atom stereocenters. The SMILES string of the molecule is COc1ccc(C(OC[C@H]2O[C@@H](n3cnc4c(=O)[nH]c(NC(=O)C(C)C)nc43)[C@H](O[PH](=O)OCCC#N)[C@@H]2O[Si](C)(C)C(C)(C)C)(c2ccccc2)c2ccc(OC)cc2)cc1. The van der Waals surface area contributed by atoms with E-state index in [0.29, 0.717) is 11.5 Å². The zero-order chi connectivity index (χ0) is 44.8. The maximum atomic E-state index is 13.7. The summed E-state index contributed by atoms with van der Waals surface area (Å²) in [6.45, 7) is 13.7. The first-order valence-electron chi connectivity index (χ1n) is 20.3. The van der Waals surface area contributed by atoms with Crippen LogP contribution in [0.25, 0.3) is 11.2 Å². The molecule has 330 valence electrons. The molecule has 62 heavy (non-hydrogen) atoms. The summed E-state index contributed by atoms with van der Waals surface area (Å²) < 4.78 is 59.6. The Hall–Kier alpha value is -5.18. The summed E-state index contributed by atoms with van der Waals surface area (Å²) in [7, 11) is -2.77. The van der Waals surface area contributed by atoms with E-state index in [0.717, 1.165) is 16.7 Å². The Labute approximate surface area is 362 Å². The second kappa shape index (κ2) is 19.5. The number of hydrogen-bond donors (Lipinski definition) is 2. The van der Waals surface area contributed by atoms with E-state index in [9.17, 15) is 19.4 Å². The zero-order valence-electron chi connectivity index (χ0n) is 36.5. The Morgan fingerprint density at radius 2 is 1.56 bits per heavy atom. The van der Waals surface area contributed by atoms with E-state index < -0.39 is 58.2 Å². The Kier molecular flexibility index (Phi) is 14.5. The molecule has 3 aromatic carbocycles. The molecule has 2 N–H and O–H groups in total. The number of nitrogens with one attached hydrogen (secondary N) is 2. The van der Waals surface area contributed by atoms with Crippen LogP contribution >= 0.6 is 8.25 Å². The van der Waals surface area contributed by atoms with Crippen LogP contribution in [-0.2, 0) is 37.9 Å². The number of carbonyl (C=O) groups excluding carboxylic acids is 1. The van der Waals surface area contributed by atoms with Crippen LogP contribution in [0.15, 0.2) is 90.0 Å². The van der Waals surface area contributed by atoms with Crippen molar-refractivity contribution in [1.82, 2.24) is 19.5 Å². The molecular weight excluding hydrogens is 832 g/mol. The number of nitrogens with zero attached hydrogens (tertiary/aromatic N) is 4. The molecule has 0 radical (unpaired) electrons. The summed E-state index contributed by atoms with van der Waals surface area (Å²) in [6.07, 6.45) is -2.78. The van der Waals surface area contributed by atoms with Gasteiger partial charge in [0.1, 0.15) is 35.4 Å². The van der Waals surface area contributed by atoms with E-state index in [1.165, 1.54) is 10.9 Å². The Morgan fingerprint density at radius 3 is 2.11 bits per heavy atom. The largest absolute Gasteiger partial charge is 0.497 e. The summed E-state index contributed by atoms with van der Waals surface area (Å²) in [5, 5.41) is 11.5. The molecule has 1 fully saturated rings. The predicted molar refractivity (Wildman–Crippen MR) is 236 cm³/mol. The third-order valence-corrected chi connectivity index (χ3v) is 16.7. The minimum atomic E-state index is -3.28. The smallest absolute Gasteiger partial charge is 0.319 e. The number of fused-ring (bicyclic) bond motifs is 1. The fourth-order valence-corrected chi connectivity index (χ4v) is 9.02. The topological polar surface area (TPSA) is 198 Å². The van der Waals surface area contributed by atoms with Crippen LogP contribution in [0.2, 0.25) is 18.1 Å². The first kappa shape index (κ1) is 46.3. The predicted octanol–water partition coefficient (Wildman–Crippen LogP) is 7.73. The van der Waals surface area contributed by atoms with Crippen LogP contribution in [0.1, 0.15) is 64.0 Å². The van der Waals surface area contributed by atoms with Gasteiger partial charge in [-0.3, -0.25) is 33.5 Å². The van der Waals surface area contributed by atoms with Gasteiger partial charge < -0.3 is 27.9 Å². The molecule has 0 aliphatic carbocycles. The number of carbonyl (C=O) groups is 1. The lowest BCUT2D eigenvalue weighted by molar-refractivity contribution is -0.118. The molecule has 1 aliphatic heterocycles. The number of methoxy groups -OCH3 is 2. The first-order valence-corrected chi connectivity index (χ1v) is 24.5. The standard InChI is InChI=1S/C44H55N6O10PSi/c1-28(2)39(51)48-42-47-38-35(40(52)49-42)46-27-50(38)41-37(59-61(53)57-25-13-24-45)36(60-62(8,9)43(3,4)5)34(58-41)26-56-44(29-14-11-10-12-15-29,30-16-20-32(54-6)21-17-30)31-18-22-33(55-7)23-19-31/h10-12,14-23,27-28,34,36-37,41,61H,13,25-26H2,1-9H3,(H2,47,48,49,51,52)/t34-,36-,37-,41-/m1/s1. The van der Waals surface area contributed by atoms with Crippen molar-refractivity contribution in [2.45, 2.75) is 89.3 Å². The quantitative estimate of drug-likeness (QED) is 0.0376. The number of aromatic nitrogens is 4. The van der Waals surface area contributed by atoms with Crippen molar-refractivity contribution >= 4 is 39.6 Å². The van der Waals surface area contributed by atoms with Crippen LogP contribution in [-0.4, -0.2) is 79.5 Å². The van der Waals surface area contributed by atoms with E-state index >= 15 is 0 Å². The summed E-state index contributed by atoms with van der Waals surface area (Å²) in [5.41, 5.74) is 0.584. The van der Waals surface area contributed by atoms with Crippen molar-refractivity contribution in [3.05, 3.63) is 112 Å². The average Bonchev–Trinajstić information content (AvgIpc) is 3.82. The van der Waals surface area contributed by atoms with Crippen molar-refractivity contribution in [3.8, 4) is 17.6 Å². The maximum absolute atomic E-state index is 13.7. The third-order valence-electron chi connectivity index (χ3n) is 11.3. The normalized spacial score (nSPS) is 18.7. The molecule has 2 aromatic heterocycles. The zero-order valence-corrected chi connectivity index (χ0v) is 38.5. The molecule has 18 heteroatoms. The monoisotopic (exact) mass is 886 g/mol. The van der Waals surface area contributed by atoms with Gasteiger partial charge in [0.15, 0.2) is 25.7 Å². The lowest BCUT2D eigenvalue weighted by Gasteiger charge is -2.41. The van der Waals surface area contributed by atoms with Gasteiger partial charge in [-0.15, -0.1) is 0 Å². The molecular formula is C44H55N6O10PSi. The number of anilines is 1. The van der Waals surface area contributed by atoms with Crippen molar-refractivity contribution < 1.29 is 41.8 Å². The highest BCUT2D eigenvalue weighted by atomic mass is 31.1. The second-order valence-electron chi connectivity index (χ2n) is 16.7. The molecule has 1 aliphatic rings. The number of hydrogen-bond acceptors (Lipinski definition) is 13. The van der Waals surface area contributed by atoms with Gasteiger partial charge in [0, 0.05) is 5.92 Å². The number of benzene rings is 3. The molecule has 16 nitrogen and oxygen atoms in total. The molecule has 5 atom stereocenters. The summed E-state index contributed by atoms with van der Waals surface area (Å²) in [6, 6.07) is 27.1. The van der Waals surface area contributed by atoms with Gasteiger partial charge in [-0.2, -0.15) is 10.2 Å². The first-order chi connectivity index (χ1) is 29.5. The summed E-state index contributed by atoms with van der Waals surface area (Å²) in [5.74, 6) is 0.472. The highest BCUT2D eigenvalue weighted by Crippen LogP contribution is 2.47. The van der Waals surface area contributed by atoms with Gasteiger partial charge in [-0.25, -0.2) is 4.98 Å². The van der Waals surface area contributed by atoms with Gasteiger partial charge in [0.05, 0.1) is 46.3 Å². The average molecular weight is 887 g/mol. The number of rotatable bonds is 18. The number of nitriles is 1. The minimum absolute atomic E-state index is 0.00720. The van der Waals surface area contributed by atoms with E-state index in [1.54, 1.807) is 28.1 Å². The van der Waals surface area contributed by atoms with Gasteiger partial charge in [-0.05, 0) is 59.1 Å². The molecule has 5 aromatic rings. The lowest BCUT2D eigenvalue weighted by atomic mass is 9.80. The van der Waals surface area contributed by atoms with Crippen molar-refractivity contribution in [1.29, 1.82) is 5.26 Å². The molecule has 6 rings (SSSR count). The van der Waals surface area contributed by atoms with Crippen molar-refractivity contribution in [2.75, 3.05) is 32.8 Å². The molecule has 0 spiro atoms. The van der Waals surface area contributed by atoms with E-state index in [4.69, 9.17) is 32.4 Å². The highest BCUT2D eigenvalue weighted by molar-refractivity contribution is 7.33. The summed E-state index contributed by atoms with van der Waals surface area (Å²) in [4.78, 5) is 37.6. The summed E-state index contributed by atoms with van der Waals surface area (Å²) >= 11 is 0. The Bertz CT molecular complexity index is 2380. The minimum Gasteiger partial charge on any atom is -0.497 e. The van der Waals surface area contributed by atoms with Crippen molar-refractivity contribution in [3.63, 3.8) is 0 Å². The van der Waals surface area contributed by atoms with E-state index in [-0.39, 0.29) is 47.7 Å². The third kappa shape index (κ3) is 9.87. The number of H-pyrrole nitrogens is 1. The number of ether oxygens (including phenoxy) is 4. The van der Waals surface area contributed by atoms with Crippen molar-refractivity contribution in [2.24, 2.45) is 5.92 Å². The number of amides is 1. The number of imidazole rings is 1.